The van der Waals surface area contributed by atoms with Crippen molar-refractivity contribution in [1.82, 2.24) is 10.6 Å². The molecule has 9 nitrogen and oxygen atoms in total. The molecule has 2 atom stereocenters. The summed E-state index contributed by atoms with van der Waals surface area (Å²) in [6.45, 7) is 8.95. The first-order valence-corrected chi connectivity index (χ1v) is 14.2. The molecule has 38 heavy (non-hydrogen) atoms. The van der Waals surface area contributed by atoms with Gasteiger partial charge in [0.1, 0.15) is 5.75 Å². The Morgan fingerprint density at radius 2 is 1.68 bits per heavy atom. The molecule has 2 unspecified atom stereocenters. The van der Waals surface area contributed by atoms with Gasteiger partial charge in [0.2, 0.25) is 0 Å². The maximum Gasteiger partial charge on any atom is 0.373 e. The molecule has 1 aliphatic rings. The van der Waals surface area contributed by atoms with Gasteiger partial charge in [0, 0.05) is 23.7 Å². The molecule has 1 aliphatic heterocycles. The van der Waals surface area contributed by atoms with Gasteiger partial charge in [-0.1, -0.05) is 70.9 Å². The van der Waals surface area contributed by atoms with Crippen LogP contribution in [0, 0.1) is 0 Å². The summed E-state index contributed by atoms with van der Waals surface area (Å²) in [6, 6.07) is 14.0. The summed E-state index contributed by atoms with van der Waals surface area (Å²) in [4.78, 5) is 32.9. The van der Waals surface area contributed by atoms with Gasteiger partial charge < -0.3 is 10.1 Å². The van der Waals surface area contributed by atoms with E-state index in [0.717, 1.165) is 42.4 Å². The van der Waals surface area contributed by atoms with Gasteiger partial charge in [0.15, 0.2) is 9.84 Å². The fourth-order valence-corrected chi connectivity index (χ4v) is 6.74. The molecule has 1 heterocycles. The SMILES string of the molecule is CCCCC1(CC)CS(=O)(=O)c2cc(CNC(C)C)c(OC)cc2C(c2ccccc2)N1.O=C=O.O=C=O. The van der Waals surface area contributed by atoms with Crippen LogP contribution >= 0.6 is 0 Å². The lowest BCUT2D eigenvalue weighted by Gasteiger charge is -2.36. The largest absolute Gasteiger partial charge is 0.496 e. The molecular weight excluding hydrogens is 508 g/mol. The molecule has 0 radical (unpaired) electrons. The van der Waals surface area contributed by atoms with E-state index in [9.17, 15) is 8.42 Å². The van der Waals surface area contributed by atoms with Crippen molar-refractivity contribution < 1.29 is 32.3 Å². The van der Waals surface area contributed by atoms with E-state index in [2.05, 4.69) is 50.5 Å². The molecule has 0 bridgehead atoms. The van der Waals surface area contributed by atoms with E-state index in [1.54, 1.807) is 7.11 Å². The summed E-state index contributed by atoms with van der Waals surface area (Å²) >= 11 is 0. The van der Waals surface area contributed by atoms with E-state index < -0.39 is 15.4 Å². The van der Waals surface area contributed by atoms with Gasteiger partial charge in [-0.3, -0.25) is 5.32 Å². The van der Waals surface area contributed by atoms with E-state index in [4.69, 9.17) is 23.9 Å². The Hall–Kier alpha value is -3.13. The number of nitrogens with one attached hydrogen (secondary N) is 2. The highest BCUT2D eigenvalue weighted by Gasteiger charge is 2.42. The minimum absolute atomic E-state index is 0.107. The maximum absolute atomic E-state index is 13.8. The van der Waals surface area contributed by atoms with Crippen LogP contribution in [0.15, 0.2) is 47.4 Å². The van der Waals surface area contributed by atoms with Gasteiger partial charge in [-0.15, -0.1) is 0 Å². The average Bonchev–Trinajstić information content (AvgIpc) is 2.99. The summed E-state index contributed by atoms with van der Waals surface area (Å²) in [5.74, 6) is 0.823. The molecule has 0 aromatic heterocycles. The van der Waals surface area contributed by atoms with Gasteiger partial charge in [-0.25, -0.2) is 8.42 Å². The number of benzene rings is 2. The molecular formula is C28H38N2O7S. The molecule has 3 rings (SSSR count). The molecule has 208 valence electrons. The minimum atomic E-state index is -3.50. The smallest absolute Gasteiger partial charge is 0.373 e. The van der Waals surface area contributed by atoms with Crippen LogP contribution in [0.25, 0.3) is 0 Å². The summed E-state index contributed by atoms with van der Waals surface area (Å²) in [6.07, 6.45) is 4.10. The molecule has 0 amide bonds. The van der Waals surface area contributed by atoms with E-state index in [1.807, 2.05) is 30.3 Å². The summed E-state index contributed by atoms with van der Waals surface area (Å²) in [7, 11) is -1.85. The first-order valence-electron chi connectivity index (χ1n) is 12.6. The van der Waals surface area contributed by atoms with E-state index >= 15 is 0 Å². The van der Waals surface area contributed by atoms with Crippen LogP contribution in [0.3, 0.4) is 0 Å². The van der Waals surface area contributed by atoms with Crippen LogP contribution in [-0.4, -0.2) is 45.2 Å². The van der Waals surface area contributed by atoms with Crippen LogP contribution in [-0.2, 0) is 35.6 Å². The zero-order valence-corrected chi connectivity index (χ0v) is 23.5. The van der Waals surface area contributed by atoms with Crippen molar-refractivity contribution in [2.75, 3.05) is 12.9 Å². The van der Waals surface area contributed by atoms with Crippen molar-refractivity contribution in [3.63, 3.8) is 0 Å². The molecule has 0 saturated carbocycles. The van der Waals surface area contributed by atoms with Gasteiger partial charge in [0.05, 0.1) is 23.8 Å². The molecule has 0 spiro atoms. The summed E-state index contributed by atoms with van der Waals surface area (Å²) < 4.78 is 33.3. The summed E-state index contributed by atoms with van der Waals surface area (Å²) in [5.41, 5.74) is 2.23. The Kier molecular flexibility index (Phi) is 13.8. The number of fused-ring (bicyclic) bond motifs is 1. The third-order valence-electron chi connectivity index (χ3n) is 6.50. The minimum Gasteiger partial charge on any atom is -0.496 e. The maximum atomic E-state index is 13.8. The van der Waals surface area contributed by atoms with Crippen molar-refractivity contribution in [2.45, 2.75) is 82.4 Å². The van der Waals surface area contributed by atoms with Crippen LogP contribution in [0.4, 0.5) is 0 Å². The number of methoxy groups -OCH3 is 1. The van der Waals surface area contributed by atoms with Crippen molar-refractivity contribution in [3.05, 3.63) is 59.2 Å². The number of carbonyl (C=O) groups excluding carboxylic acids is 4. The molecule has 10 heteroatoms. The number of hydrogen-bond donors (Lipinski definition) is 2. The first kappa shape index (κ1) is 32.9. The second kappa shape index (κ2) is 16.0. The monoisotopic (exact) mass is 546 g/mol. The fraction of sp³-hybridized carbons (Fsp3) is 0.500. The van der Waals surface area contributed by atoms with Crippen LogP contribution in [0.2, 0.25) is 0 Å². The van der Waals surface area contributed by atoms with Gasteiger partial charge >= 0.3 is 12.3 Å². The predicted octanol–water partition coefficient (Wildman–Crippen LogP) is 3.83. The van der Waals surface area contributed by atoms with Crippen molar-refractivity contribution in [3.8, 4) is 5.75 Å². The van der Waals surface area contributed by atoms with Crippen molar-refractivity contribution in [2.24, 2.45) is 0 Å². The number of rotatable bonds is 9. The molecule has 2 N–H and O–H groups in total. The number of unbranched alkanes of at least 4 members (excludes halogenated alkanes) is 1. The summed E-state index contributed by atoms with van der Waals surface area (Å²) in [5, 5.41) is 7.21. The van der Waals surface area contributed by atoms with Crippen LogP contribution in [0.1, 0.15) is 76.1 Å². The fourth-order valence-electron chi connectivity index (χ4n) is 4.57. The van der Waals surface area contributed by atoms with Gasteiger partial charge in [-0.05, 0) is 36.1 Å². The Bertz CT molecular complexity index is 1180. The standard InChI is InChI=1S/C26H38N2O3S.2CO2/c1-6-8-14-26(7-2)18-32(29,30)24-15-21(17-27-19(3)4)23(31-5)16-22(24)25(28-26)20-12-10-9-11-13-20;2*2-1-3/h9-13,15-16,19,25,27-28H,6-8,14,17-18H2,1-5H3;;. The van der Waals surface area contributed by atoms with Gasteiger partial charge in [0.25, 0.3) is 0 Å². The highest BCUT2D eigenvalue weighted by molar-refractivity contribution is 7.91. The second-order valence-electron chi connectivity index (χ2n) is 9.39. The lowest BCUT2D eigenvalue weighted by atomic mass is 9.88. The Balaban J connectivity index is 0.00000110. The van der Waals surface area contributed by atoms with E-state index in [-0.39, 0.29) is 30.1 Å². The third-order valence-corrected chi connectivity index (χ3v) is 8.45. The highest BCUT2D eigenvalue weighted by atomic mass is 32.2. The topological polar surface area (TPSA) is 136 Å². The predicted molar refractivity (Wildman–Crippen MR) is 141 cm³/mol. The lowest BCUT2D eigenvalue weighted by molar-refractivity contribution is -0.193. The van der Waals surface area contributed by atoms with Crippen molar-refractivity contribution >= 4 is 22.1 Å². The number of ether oxygens (including phenoxy) is 1. The third kappa shape index (κ3) is 9.01. The number of hydrogen-bond acceptors (Lipinski definition) is 9. The molecule has 2 aromatic carbocycles. The Labute approximate surface area is 225 Å². The van der Waals surface area contributed by atoms with Crippen molar-refractivity contribution in [1.29, 1.82) is 0 Å². The Morgan fingerprint density at radius 3 is 2.18 bits per heavy atom. The van der Waals surface area contributed by atoms with Gasteiger partial charge in [-0.2, -0.15) is 19.2 Å². The second-order valence-corrected chi connectivity index (χ2v) is 11.3. The average molecular weight is 547 g/mol. The molecule has 2 aromatic rings. The van der Waals surface area contributed by atoms with Crippen LogP contribution < -0.4 is 15.4 Å². The zero-order chi connectivity index (χ0) is 28.8. The normalized spacial score (nSPS) is 19.3. The first-order chi connectivity index (χ1) is 18.1. The Morgan fingerprint density at radius 1 is 1.08 bits per heavy atom. The zero-order valence-electron chi connectivity index (χ0n) is 22.7. The number of sulfone groups is 1. The lowest BCUT2D eigenvalue weighted by Crippen LogP contribution is -2.50. The van der Waals surface area contributed by atoms with Crippen LogP contribution in [0.5, 0.6) is 5.75 Å². The van der Waals surface area contributed by atoms with E-state index in [0.29, 0.717) is 17.2 Å². The molecule has 0 aliphatic carbocycles. The van der Waals surface area contributed by atoms with E-state index in [1.165, 1.54) is 0 Å². The highest BCUT2D eigenvalue weighted by Crippen LogP contribution is 2.40. The molecule has 0 fully saturated rings. The quantitative estimate of drug-likeness (QED) is 0.481. The molecule has 0 saturated heterocycles.